The van der Waals surface area contributed by atoms with Crippen molar-refractivity contribution in [3.63, 3.8) is 0 Å². The van der Waals surface area contributed by atoms with E-state index in [4.69, 9.17) is 0 Å². The molecule has 0 aromatic carbocycles. The molecule has 0 rings (SSSR count). The van der Waals surface area contributed by atoms with E-state index in [0.717, 1.165) is 0 Å². The molecule has 0 radical (unpaired) electrons. The van der Waals surface area contributed by atoms with Crippen molar-refractivity contribution < 1.29 is 75.4 Å². The Bertz CT molecular complexity index is 555. The molecule has 2 nitrogen and oxygen atoms in total. The molecular formula is C10H5F15O2. The number of alkyl halides is 15. The van der Waals surface area contributed by atoms with Crippen LogP contribution < -0.4 is 0 Å². The average molecular weight is 442 g/mol. The van der Waals surface area contributed by atoms with Crippen LogP contribution in [0.4, 0.5) is 65.9 Å². The van der Waals surface area contributed by atoms with Crippen molar-refractivity contribution in [3.8, 4) is 0 Å². The van der Waals surface area contributed by atoms with E-state index in [2.05, 4.69) is 4.74 Å². The summed E-state index contributed by atoms with van der Waals surface area (Å²) in [6.07, 6.45) is -10.9. The lowest BCUT2D eigenvalue weighted by molar-refractivity contribution is -0.441. The van der Waals surface area contributed by atoms with Gasteiger partial charge in [-0.05, 0) is 0 Å². The molecule has 0 spiro atoms. The molecule has 0 saturated heterocycles. The van der Waals surface area contributed by atoms with Crippen molar-refractivity contribution in [1.82, 2.24) is 0 Å². The minimum Gasteiger partial charge on any atom is -0.424 e. The van der Waals surface area contributed by atoms with Crippen LogP contribution in [0.5, 0.6) is 0 Å². The van der Waals surface area contributed by atoms with Crippen LogP contribution in [0, 0.1) is 0 Å². The summed E-state index contributed by atoms with van der Waals surface area (Å²) in [4.78, 5) is 10.2. The van der Waals surface area contributed by atoms with E-state index < -0.39 is 54.3 Å². The van der Waals surface area contributed by atoms with E-state index in [1.165, 1.54) is 0 Å². The van der Waals surface area contributed by atoms with Crippen LogP contribution in [0.1, 0.15) is 6.92 Å². The first-order valence-corrected chi connectivity index (χ1v) is 5.89. The third kappa shape index (κ3) is 3.48. The third-order valence-electron chi connectivity index (χ3n) is 2.85. The first-order chi connectivity index (χ1) is 11.5. The second-order valence-electron chi connectivity index (χ2n) is 4.77. The van der Waals surface area contributed by atoms with E-state index in [-0.39, 0.29) is 6.92 Å². The lowest BCUT2D eigenvalue weighted by Gasteiger charge is -2.41. The van der Waals surface area contributed by atoms with Gasteiger partial charge in [0.15, 0.2) is 0 Å². The summed E-state index contributed by atoms with van der Waals surface area (Å²) in [5, 5.41) is 0. The molecule has 27 heavy (non-hydrogen) atoms. The summed E-state index contributed by atoms with van der Waals surface area (Å²) in [7, 11) is 0. The minimum atomic E-state index is -8.26. The van der Waals surface area contributed by atoms with Crippen LogP contribution in [0.15, 0.2) is 0 Å². The highest BCUT2D eigenvalue weighted by Crippen LogP contribution is 2.61. The molecule has 17 heteroatoms. The zero-order valence-electron chi connectivity index (χ0n) is 12.1. The summed E-state index contributed by atoms with van der Waals surface area (Å²) >= 11 is 0. The van der Waals surface area contributed by atoms with Gasteiger partial charge in [0, 0.05) is 6.92 Å². The van der Waals surface area contributed by atoms with E-state index in [9.17, 15) is 70.7 Å². The molecule has 0 fully saturated rings. The van der Waals surface area contributed by atoms with Crippen LogP contribution in [0.25, 0.3) is 0 Å². The van der Waals surface area contributed by atoms with Gasteiger partial charge in [-0.2, -0.15) is 57.1 Å². The Morgan fingerprint density at radius 3 is 1.19 bits per heavy atom. The highest BCUT2D eigenvalue weighted by Gasteiger charge is 2.92. The summed E-state index contributed by atoms with van der Waals surface area (Å²) in [6.45, 7) is 0.0465. The van der Waals surface area contributed by atoms with E-state index >= 15 is 0 Å². The molecule has 0 heterocycles. The highest BCUT2D eigenvalue weighted by atomic mass is 19.4. The lowest BCUT2D eigenvalue weighted by atomic mass is 9.91. The highest BCUT2D eigenvalue weighted by molar-refractivity contribution is 5.66. The van der Waals surface area contributed by atoms with Gasteiger partial charge in [-0.3, -0.25) is 4.79 Å². The van der Waals surface area contributed by atoms with E-state index in [0.29, 0.717) is 0 Å². The van der Waals surface area contributed by atoms with Crippen LogP contribution in [-0.4, -0.2) is 54.3 Å². The second kappa shape index (κ2) is 6.79. The van der Waals surface area contributed by atoms with Gasteiger partial charge in [0.1, 0.15) is 0 Å². The van der Waals surface area contributed by atoms with Crippen LogP contribution in [0.3, 0.4) is 0 Å². The van der Waals surface area contributed by atoms with Gasteiger partial charge < -0.3 is 4.74 Å². The maximum absolute atomic E-state index is 13.1. The van der Waals surface area contributed by atoms with E-state index in [1.807, 2.05) is 0 Å². The zero-order chi connectivity index (χ0) is 22.4. The van der Waals surface area contributed by atoms with Crippen LogP contribution in [-0.2, 0) is 9.53 Å². The van der Waals surface area contributed by atoms with Gasteiger partial charge >= 0.3 is 54.3 Å². The number of hydrogen-bond donors (Lipinski definition) is 0. The molecule has 0 aliphatic rings. The molecule has 162 valence electrons. The molecular weight excluding hydrogens is 437 g/mol. The Morgan fingerprint density at radius 2 is 0.926 bits per heavy atom. The largest absolute Gasteiger partial charge is 0.424 e. The molecule has 1 atom stereocenters. The minimum absolute atomic E-state index is 0.0465. The Balaban J connectivity index is 6.39. The monoisotopic (exact) mass is 442 g/mol. The van der Waals surface area contributed by atoms with Crippen LogP contribution in [0.2, 0.25) is 0 Å². The van der Waals surface area contributed by atoms with E-state index in [1.54, 1.807) is 0 Å². The lowest BCUT2D eigenvalue weighted by Crippen LogP contribution is -2.72. The topological polar surface area (TPSA) is 26.3 Å². The Morgan fingerprint density at radius 1 is 0.630 bits per heavy atom. The molecule has 0 saturated carbocycles. The first kappa shape index (κ1) is 25.4. The summed E-state index contributed by atoms with van der Waals surface area (Å²) in [5.41, 5.74) is 0. The number of esters is 1. The third-order valence-corrected chi connectivity index (χ3v) is 2.85. The van der Waals surface area contributed by atoms with Gasteiger partial charge in [0.2, 0.25) is 0 Å². The van der Waals surface area contributed by atoms with Crippen molar-refractivity contribution in [3.05, 3.63) is 0 Å². The predicted molar refractivity (Wildman–Crippen MR) is 52.3 cm³/mol. The standard InChI is InChI=1S/C10H5F15O2/c1-2(26)27-4(13)6(16,17)8(20,21)10(24,25)9(22,23)7(18,19)5(14,15)3(11)12/h3-4H,1H3. The normalized spacial score (nSPS) is 16.5. The molecule has 0 bridgehead atoms. The Kier molecular flexibility index (Phi) is 6.39. The van der Waals surface area contributed by atoms with Gasteiger partial charge in [0.25, 0.3) is 0 Å². The summed E-state index contributed by atoms with van der Waals surface area (Å²) in [6, 6.07) is 0. The predicted octanol–water partition coefficient (Wildman–Crippen LogP) is 4.92. The van der Waals surface area contributed by atoms with Crippen molar-refractivity contribution >= 4 is 5.97 Å². The van der Waals surface area contributed by atoms with Crippen molar-refractivity contribution in [2.24, 2.45) is 0 Å². The fourth-order valence-electron chi connectivity index (χ4n) is 1.31. The van der Waals surface area contributed by atoms with Crippen LogP contribution >= 0.6 is 0 Å². The molecule has 0 aliphatic heterocycles. The molecule has 0 aromatic rings. The summed E-state index contributed by atoms with van der Waals surface area (Å²) in [5.74, 6) is -49.2. The molecule has 0 aromatic heterocycles. The number of ether oxygens (including phenoxy) is 1. The fourth-order valence-corrected chi connectivity index (χ4v) is 1.31. The smallest absolute Gasteiger partial charge is 0.385 e. The zero-order valence-corrected chi connectivity index (χ0v) is 12.1. The van der Waals surface area contributed by atoms with Gasteiger partial charge in [-0.15, -0.1) is 0 Å². The van der Waals surface area contributed by atoms with Crippen molar-refractivity contribution in [2.75, 3.05) is 0 Å². The first-order valence-electron chi connectivity index (χ1n) is 5.89. The number of halogens is 15. The molecule has 0 N–H and O–H groups in total. The SMILES string of the molecule is CC(=O)OC(F)C(F)(F)C(F)(F)C(F)(F)C(F)(F)C(F)(F)C(F)(F)C(F)F. The van der Waals surface area contributed by atoms with Gasteiger partial charge in [-0.1, -0.05) is 0 Å². The second-order valence-corrected chi connectivity index (χ2v) is 4.77. The molecule has 1 unspecified atom stereocenters. The Hall–Kier alpha value is -1.58. The number of rotatable bonds is 8. The van der Waals surface area contributed by atoms with Crippen molar-refractivity contribution in [1.29, 1.82) is 0 Å². The number of carbonyl (C=O) groups excluding carboxylic acids is 1. The number of hydrogen-bond acceptors (Lipinski definition) is 2. The maximum Gasteiger partial charge on any atom is 0.385 e. The maximum atomic E-state index is 13.1. The molecule has 0 amide bonds. The average Bonchev–Trinajstić information content (AvgIpc) is 2.44. The summed E-state index contributed by atoms with van der Waals surface area (Å²) < 4.78 is 194. The van der Waals surface area contributed by atoms with Gasteiger partial charge in [-0.25, -0.2) is 8.78 Å². The van der Waals surface area contributed by atoms with Gasteiger partial charge in [0.05, 0.1) is 0 Å². The Labute approximate surface area is 138 Å². The fraction of sp³-hybridized carbons (Fsp3) is 0.900. The molecule has 0 aliphatic carbocycles. The quantitative estimate of drug-likeness (QED) is 0.394. The van der Waals surface area contributed by atoms with Crippen molar-refractivity contribution in [2.45, 2.75) is 55.2 Å². The number of carbonyl (C=O) groups is 1.